The normalized spacial score (nSPS) is 18.3. The molecular formula is C15H12N4O3S2. The van der Waals surface area contributed by atoms with E-state index >= 15 is 0 Å². The second-order valence-electron chi connectivity index (χ2n) is 4.93. The number of nitrogens with zero attached hydrogens (tertiary/aromatic N) is 4. The number of carbonyl (C=O) groups is 1. The van der Waals surface area contributed by atoms with Gasteiger partial charge in [0, 0.05) is 30.8 Å². The highest BCUT2D eigenvalue weighted by Crippen LogP contribution is 2.37. The molecule has 7 nitrogen and oxygen atoms in total. The van der Waals surface area contributed by atoms with Crippen LogP contribution in [0.2, 0.25) is 0 Å². The fourth-order valence-electron chi connectivity index (χ4n) is 2.09. The number of nitro groups is 1. The first kappa shape index (κ1) is 16.3. The summed E-state index contributed by atoms with van der Waals surface area (Å²) in [6, 6.07) is 6.14. The van der Waals surface area contributed by atoms with E-state index in [4.69, 9.17) is 0 Å². The molecule has 1 saturated heterocycles. The van der Waals surface area contributed by atoms with Crippen molar-refractivity contribution in [2.75, 3.05) is 7.05 Å². The maximum absolute atomic E-state index is 12.5. The Morgan fingerprint density at radius 1 is 1.33 bits per heavy atom. The average molecular weight is 360 g/mol. The van der Waals surface area contributed by atoms with Crippen molar-refractivity contribution in [3.63, 3.8) is 0 Å². The summed E-state index contributed by atoms with van der Waals surface area (Å²) in [7, 11) is 1.66. The largest absolute Gasteiger partial charge is 0.289 e. The second kappa shape index (κ2) is 6.54. The third-order valence-corrected chi connectivity index (χ3v) is 5.34. The predicted octanol–water partition coefficient (Wildman–Crippen LogP) is 3.68. The van der Waals surface area contributed by atoms with Gasteiger partial charge >= 0.3 is 0 Å². The van der Waals surface area contributed by atoms with Gasteiger partial charge in [0.1, 0.15) is 0 Å². The Morgan fingerprint density at radius 3 is 2.62 bits per heavy atom. The van der Waals surface area contributed by atoms with Gasteiger partial charge in [0.25, 0.3) is 11.6 Å². The molecule has 2 aromatic rings. The Bertz CT molecular complexity index is 857. The smallest absolute Gasteiger partial charge is 0.269 e. The number of amides is 1. The van der Waals surface area contributed by atoms with Crippen LogP contribution in [0.5, 0.6) is 0 Å². The van der Waals surface area contributed by atoms with Crippen LogP contribution in [-0.2, 0) is 4.79 Å². The van der Waals surface area contributed by atoms with E-state index in [9.17, 15) is 14.9 Å². The molecule has 0 unspecified atom stereocenters. The highest BCUT2D eigenvalue weighted by Gasteiger charge is 2.32. The molecule has 122 valence electrons. The molecule has 0 bridgehead atoms. The van der Waals surface area contributed by atoms with Crippen LogP contribution in [-0.4, -0.2) is 32.9 Å². The van der Waals surface area contributed by atoms with Crippen LogP contribution >= 0.6 is 23.1 Å². The van der Waals surface area contributed by atoms with Crippen LogP contribution in [0.3, 0.4) is 0 Å². The lowest BCUT2D eigenvalue weighted by molar-refractivity contribution is -0.384. The van der Waals surface area contributed by atoms with Gasteiger partial charge in [-0.25, -0.2) is 4.98 Å². The van der Waals surface area contributed by atoms with E-state index in [2.05, 4.69) is 9.98 Å². The van der Waals surface area contributed by atoms with Crippen LogP contribution in [0, 0.1) is 10.1 Å². The molecule has 0 radical (unpaired) electrons. The lowest BCUT2D eigenvalue weighted by atomic mass is 10.1. The summed E-state index contributed by atoms with van der Waals surface area (Å²) in [6.07, 6.45) is 1.66. The van der Waals surface area contributed by atoms with Gasteiger partial charge in [-0.1, -0.05) is 0 Å². The molecule has 1 aromatic carbocycles. The minimum absolute atomic E-state index is 0.0186. The molecule has 1 aliphatic rings. The molecule has 1 fully saturated rings. The number of aromatic nitrogens is 1. The van der Waals surface area contributed by atoms with Gasteiger partial charge in [-0.05, 0) is 42.0 Å². The van der Waals surface area contributed by atoms with E-state index in [-0.39, 0.29) is 11.6 Å². The van der Waals surface area contributed by atoms with Crippen LogP contribution in [0.1, 0.15) is 12.5 Å². The molecule has 2 heterocycles. The van der Waals surface area contributed by atoms with E-state index < -0.39 is 4.92 Å². The molecule has 0 spiro atoms. The fourth-order valence-corrected chi connectivity index (χ4v) is 3.69. The number of carbonyl (C=O) groups excluding carboxylic acids is 1. The van der Waals surface area contributed by atoms with Crippen molar-refractivity contribution in [1.82, 2.24) is 9.88 Å². The summed E-state index contributed by atoms with van der Waals surface area (Å²) in [6.45, 7) is 1.82. The van der Waals surface area contributed by atoms with Crippen molar-refractivity contribution >= 4 is 50.6 Å². The highest BCUT2D eigenvalue weighted by atomic mass is 32.2. The van der Waals surface area contributed by atoms with E-state index in [1.165, 1.54) is 40.1 Å². The Hall–Kier alpha value is -2.52. The zero-order valence-electron chi connectivity index (χ0n) is 12.8. The summed E-state index contributed by atoms with van der Waals surface area (Å²) in [4.78, 5) is 33.3. The van der Waals surface area contributed by atoms with Gasteiger partial charge in [0.05, 0.1) is 9.83 Å². The molecule has 24 heavy (non-hydrogen) atoms. The molecule has 9 heteroatoms. The van der Waals surface area contributed by atoms with Crippen LogP contribution in [0.25, 0.3) is 5.57 Å². The zero-order chi connectivity index (χ0) is 17.3. The van der Waals surface area contributed by atoms with E-state index in [0.29, 0.717) is 15.2 Å². The topological polar surface area (TPSA) is 88.7 Å². The lowest BCUT2D eigenvalue weighted by Crippen LogP contribution is -2.23. The number of thioether (sulfide) groups is 1. The molecule has 1 aromatic heterocycles. The predicted molar refractivity (Wildman–Crippen MR) is 95.3 cm³/mol. The third kappa shape index (κ3) is 3.08. The minimum Gasteiger partial charge on any atom is -0.289 e. The average Bonchev–Trinajstić information content (AvgIpc) is 3.18. The molecule has 3 rings (SSSR count). The van der Waals surface area contributed by atoms with E-state index in [0.717, 1.165) is 11.1 Å². The number of hydrogen-bond acceptors (Lipinski definition) is 7. The monoisotopic (exact) mass is 360 g/mol. The van der Waals surface area contributed by atoms with Crippen molar-refractivity contribution in [1.29, 1.82) is 0 Å². The number of non-ortho nitro benzene ring substituents is 1. The molecule has 0 aliphatic carbocycles. The number of aliphatic imine (C=N–C) groups is 1. The number of thiazole rings is 1. The summed E-state index contributed by atoms with van der Waals surface area (Å²) in [5, 5.41) is 13.7. The molecule has 0 saturated carbocycles. The summed E-state index contributed by atoms with van der Waals surface area (Å²) >= 11 is 2.67. The van der Waals surface area contributed by atoms with Gasteiger partial charge in [-0.3, -0.25) is 19.8 Å². The fraction of sp³-hybridized carbons (Fsp3) is 0.133. The number of benzene rings is 1. The number of rotatable bonds is 3. The van der Waals surface area contributed by atoms with Gasteiger partial charge in [0.15, 0.2) is 5.17 Å². The van der Waals surface area contributed by atoms with Gasteiger partial charge < -0.3 is 0 Å². The first-order valence-electron chi connectivity index (χ1n) is 6.87. The lowest BCUT2D eigenvalue weighted by Gasteiger charge is -2.06. The highest BCUT2D eigenvalue weighted by molar-refractivity contribution is 8.18. The molecule has 0 N–H and O–H groups in total. The van der Waals surface area contributed by atoms with E-state index in [1.807, 2.05) is 12.3 Å². The number of hydrogen-bond donors (Lipinski definition) is 0. The molecule has 1 aliphatic heterocycles. The van der Waals surface area contributed by atoms with Crippen LogP contribution < -0.4 is 0 Å². The SMILES string of the molecule is C/C(=C1/S/C(=N/c2nccs2)N(C)C1=O)c1ccc([N+](=O)[O-])cc1. The number of nitro benzene ring substituents is 1. The number of amidine groups is 1. The second-order valence-corrected chi connectivity index (χ2v) is 6.78. The summed E-state index contributed by atoms with van der Waals surface area (Å²) < 4.78 is 0. The van der Waals surface area contributed by atoms with Crippen LogP contribution in [0.15, 0.2) is 45.7 Å². The summed E-state index contributed by atoms with van der Waals surface area (Å²) in [5.74, 6) is -0.147. The Kier molecular flexibility index (Phi) is 4.45. The zero-order valence-corrected chi connectivity index (χ0v) is 14.4. The maximum atomic E-state index is 12.5. The Balaban J connectivity index is 1.94. The third-order valence-electron chi connectivity index (χ3n) is 3.44. The van der Waals surface area contributed by atoms with Gasteiger partial charge in [0.2, 0.25) is 5.13 Å². The number of likely N-dealkylation sites (N-methyl/N-ethyl adjacent to an activating group) is 1. The quantitative estimate of drug-likeness (QED) is 0.473. The molecule has 1 amide bonds. The van der Waals surface area contributed by atoms with Crippen molar-refractivity contribution < 1.29 is 9.72 Å². The Morgan fingerprint density at radius 2 is 2.04 bits per heavy atom. The summed E-state index contributed by atoms with van der Waals surface area (Å²) in [5.41, 5.74) is 1.54. The molecule has 0 atom stereocenters. The maximum Gasteiger partial charge on any atom is 0.269 e. The van der Waals surface area contributed by atoms with Crippen molar-refractivity contribution in [2.24, 2.45) is 4.99 Å². The van der Waals surface area contributed by atoms with Crippen molar-refractivity contribution in [3.8, 4) is 0 Å². The van der Waals surface area contributed by atoms with Crippen molar-refractivity contribution in [3.05, 3.63) is 56.4 Å². The first-order chi connectivity index (χ1) is 11.5. The Labute approximate surface area is 145 Å². The van der Waals surface area contributed by atoms with E-state index in [1.54, 1.807) is 25.4 Å². The van der Waals surface area contributed by atoms with Gasteiger partial charge in [-0.15, -0.1) is 11.3 Å². The standard InChI is InChI=1S/C15H12N4O3S2/c1-9(10-3-5-11(6-4-10)19(21)22)12-13(20)18(2)15(24-12)17-14-16-7-8-23-14/h3-8H,1-2H3/b12-9-,17-15+. The minimum atomic E-state index is -0.450. The van der Waals surface area contributed by atoms with Crippen LogP contribution in [0.4, 0.5) is 10.8 Å². The molecular weight excluding hydrogens is 348 g/mol. The van der Waals surface area contributed by atoms with Gasteiger partial charge in [-0.2, -0.15) is 4.99 Å². The first-order valence-corrected chi connectivity index (χ1v) is 8.57. The number of allylic oxidation sites excluding steroid dienone is 1. The van der Waals surface area contributed by atoms with Crippen molar-refractivity contribution in [2.45, 2.75) is 6.92 Å².